The molecule has 11 aromatic rings. The number of hydrogen-bond donors (Lipinski definition) is 3. The van der Waals surface area contributed by atoms with Gasteiger partial charge in [0, 0.05) is 52.3 Å². The van der Waals surface area contributed by atoms with Gasteiger partial charge < -0.3 is 24.8 Å². The summed E-state index contributed by atoms with van der Waals surface area (Å²) in [7, 11) is 4.80. The van der Waals surface area contributed by atoms with E-state index in [9.17, 15) is 4.79 Å². The highest BCUT2D eigenvalue weighted by molar-refractivity contribution is 6.23. The van der Waals surface area contributed by atoms with Gasteiger partial charge in [-0.1, -0.05) is 138 Å². The molecule has 1 aliphatic rings. The molecule has 0 saturated heterocycles. The molecular formula is C62H48ClF2N13O4. The molecule has 20 heteroatoms. The molecule has 0 radical (unpaired) electrons. The lowest BCUT2D eigenvalue weighted by Crippen LogP contribution is -2.26. The van der Waals surface area contributed by atoms with E-state index in [2.05, 4.69) is 47.5 Å². The normalized spacial score (nSPS) is 11.7. The first-order valence-electron chi connectivity index (χ1n) is 25.3. The first-order valence-corrected chi connectivity index (χ1v) is 25.6. The molecule has 0 atom stereocenters. The van der Waals surface area contributed by atoms with Crippen molar-refractivity contribution in [1.29, 1.82) is 5.53 Å². The summed E-state index contributed by atoms with van der Waals surface area (Å²) < 4.78 is 52.8. The number of pyridine rings is 2. The third-order valence-corrected chi connectivity index (χ3v) is 13.1. The number of nitrogens with zero attached hydrogens (tertiary/aromatic N) is 10. The van der Waals surface area contributed by atoms with Crippen LogP contribution in [0.3, 0.4) is 0 Å². The van der Waals surface area contributed by atoms with Gasteiger partial charge >= 0.3 is 0 Å². The fraction of sp³-hybridized carbons (Fsp3) is 0.0645. The molecular weight excluding hydrogens is 1060 g/mol. The molecule has 0 fully saturated rings. The van der Waals surface area contributed by atoms with Gasteiger partial charge in [0.2, 0.25) is 5.88 Å². The van der Waals surface area contributed by atoms with E-state index in [0.717, 1.165) is 22.4 Å². The molecule has 6 aromatic carbocycles. The summed E-state index contributed by atoms with van der Waals surface area (Å²) >= 11 is 4.55. The molecule has 3 N–H and O–H groups in total. The van der Waals surface area contributed by atoms with E-state index < -0.39 is 0 Å². The molecule has 5 aromatic heterocycles. The van der Waals surface area contributed by atoms with Crippen LogP contribution >= 0.6 is 11.8 Å². The molecule has 0 amide bonds. The maximum atomic E-state index is 15.3. The summed E-state index contributed by atoms with van der Waals surface area (Å²) in [6.45, 7) is 0. The maximum Gasteiger partial charge on any atom is 0.280 e. The van der Waals surface area contributed by atoms with Gasteiger partial charge in [-0.25, -0.2) is 23.7 Å². The van der Waals surface area contributed by atoms with Crippen molar-refractivity contribution in [2.45, 2.75) is 6.42 Å². The Morgan fingerprint density at radius 2 is 1.07 bits per heavy atom. The minimum absolute atomic E-state index is 0.311. The van der Waals surface area contributed by atoms with Crippen LogP contribution in [0.15, 0.2) is 227 Å². The number of nitrogens with one attached hydrogen (secondary N) is 3. The van der Waals surface area contributed by atoms with Gasteiger partial charge in [0.15, 0.2) is 5.65 Å². The van der Waals surface area contributed by atoms with Crippen LogP contribution in [0.4, 0.5) is 26.2 Å². The van der Waals surface area contributed by atoms with Gasteiger partial charge in [-0.2, -0.15) is 24.9 Å². The van der Waals surface area contributed by atoms with Crippen LogP contribution in [0.2, 0.25) is 0 Å². The van der Waals surface area contributed by atoms with E-state index in [1.807, 2.05) is 146 Å². The van der Waals surface area contributed by atoms with E-state index in [-0.39, 0.29) is 17.5 Å². The average molecular weight is 1110 g/mol. The number of halogens is 3. The standard InChI is InChI=1S/C31H24FN5O2.C31H23FN4O2.ClHN4/c1-38-22-17-15-20(16-18-22)26-29(34-25-14-8-9-19-33-25)35-30-27(23-12-6-7-13-24(23)32)28(21-10-4-3-5-11-21)36-37(30)31(26)39-2;1-38-22-16-14-20(15-17-22)28-25(34-27-13-7-8-18-33-27)19-26-29(23-11-5-6-12-24(23)32)30(35-36(26)31(28)37)21-9-3-2-4-10-21;1-3-5-4-2/h3-19H,1-2H3,(H,33,34,35);2-18H,19H2,1H3,(H,33,34);2H. The number of methoxy groups -OCH3 is 3. The Hall–Kier alpha value is -10.8. The van der Waals surface area contributed by atoms with E-state index in [1.54, 1.807) is 74.6 Å². The number of hydrogen-bond acceptors (Lipinski definition) is 13. The Morgan fingerprint density at radius 3 is 1.57 bits per heavy atom. The number of anilines is 3. The van der Waals surface area contributed by atoms with Crippen LogP contribution in [-0.4, -0.2) is 61.6 Å². The van der Waals surface area contributed by atoms with Crippen molar-refractivity contribution >= 4 is 46.4 Å². The summed E-state index contributed by atoms with van der Waals surface area (Å²) in [6, 6.07) is 58.4. The average Bonchev–Trinajstić information content (AvgIpc) is 4.30. The predicted octanol–water partition coefficient (Wildman–Crippen LogP) is 15.0. The van der Waals surface area contributed by atoms with Gasteiger partial charge in [0.1, 0.15) is 52.0 Å². The van der Waals surface area contributed by atoms with E-state index in [1.165, 1.54) is 16.8 Å². The second kappa shape index (κ2) is 25.3. The third-order valence-electron chi connectivity index (χ3n) is 13.0. The van der Waals surface area contributed by atoms with Crippen molar-refractivity contribution < 1.29 is 27.8 Å². The van der Waals surface area contributed by atoms with Crippen LogP contribution in [0.1, 0.15) is 16.1 Å². The number of allylic oxidation sites excluding steroid dienone is 2. The smallest absolute Gasteiger partial charge is 0.280 e. The lowest BCUT2D eigenvalue weighted by Gasteiger charge is -2.23. The van der Waals surface area contributed by atoms with Gasteiger partial charge in [-0.15, -0.1) is 0 Å². The zero-order valence-corrected chi connectivity index (χ0v) is 44.8. The molecule has 0 unspecified atom stereocenters. The number of carbonyl (C=O) groups excluding carboxylic acids is 1. The molecule has 0 spiro atoms. The molecule has 0 aliphatic carbocycles. The number of ether oxygens (including phenoxy) is 3. The Bertz CT molecular complexity index is 4100. The van der Waals surface area contributed by atoms with Gasteiger partial charge in [-0.3, -0.25) is 4.79 Å². The van der Waals surface area contributed by atoms with E-state index in [0.29, 0.717) is 103 Å². The summed E-state index contributed by atoms with van der Waals surface area (Å²) in [6.07, 6.45) is 3.69. The Morgan fingerprint density at radius 1 is 0.561 bits per heavy atom. The van der Waals surface area contributed by atoms with Crippen LogP contribution in [-0.2, 0) is 6.42 Å². The number of carbonyl (C=O) groups is 1. The van der Waals surface area contributed by atoms with Crippen LogP contribution < -0.4 is 24.8 Å². The number of rotatable bonds is 14. The minimum atomic E-state index is -0.378. The third kappa shape index (κ3) is 11.5. The van der Waals surface area contributed by atoms with Crippen molar-refractivity contribution in [1.82, 2.24) is 34.3 Å². The number of aromatic nitrogens is 7. The highest BCUT2D eigenvalue weighted by Crippen LogP contribution is 2.44. The zero-order chi connectivity index (χ0) is 57.0. The van der Waals surface area contributed by atoms with Crippen molar-refractivity contribution in [3.8, 4) is 73.3 Å². The van der Waals surface area contributed by atoms with Crippen molar-refractivity contribution in [2.75, 3.05) is 32.0 Å². The maximum absolute atomic E-state index is 15.3. The minimum Gasteiger partial charge on any atom is -0.497 e. The molecule has 406 valence electrons. The quantitative estimate of drug-likeness (QED) is 0.0690. The highest BCUT2D eigenvalue weighted by atomic mass is 35.5. The first-order chi connectivity index (χ1) is 40.2. The molecule has 0 saturated carbocycles. The molecule has 6 heterocycles. The van der Waals surface area contributed by atoms with Gasteiger partial charge in [-0.05, 0) is 82.2 Å². The Labute approximate surface area is 473 Å². The van der Waals surface area contributed by atoms with Crippen LogP contribution in [0, 0.1) is 17.2 Å². The first kappa shape index (κ1) is 54.6. The lowest BCUT2D eigenvalue weighted by atomic mass is 9.92. The van der Waals surface area contributed by atoms with Crippen molar-refractivity contribution in [3.63, 3.8) is 0 Å². The molecule has 1 aliphatic heterocycles. The lowest BCUT2D eigenvalue weighted by molar-refractivity contribution is 0.0958. The monoisotopic (exact) mass is 1110 g/mol. The second-order valence-electron chi connectivity index (χ2n) is 17.8. The SMILES string of the molecule is COc1ccc(-c2c(Nc3ccccn3)nc3c(-c4ccccc4F)c(-c4ccccc4)nn3c2OC)cc1.COc1ccc(C2=C(Nc3ccccn3)Cc3c(-c4ccccc4F)c(-c4ccccc4)nn3C2=O)cc1.N=NN=NCl. The fourth-order valence-electron chi connectivity index (χ4n) is 9.38. The van der Waals surface area contributed by atoms with Crippen LogP contribution in [0.5, 0.6) is 17.4 Å². The van der Waals surface area contributed by atoms with Crippen molar-refractivity contribution in [2.24, 2.45) is 15.1 Å². The summed E-state index contributed by atoms with van der Waals surface area (Å²) in [4.78, 5) is 28.0. The molecule has 0 bridgehead atoms. The number of benzene rings is 6. The zero-order valence-electron chi connectivity index (χ0n) is 44.1. The Kier molecular flexibility index (Phi) is 16.9. The summed E-state index contributed by atoms with van der Waals surface area (Å²) in [5.41, 5.74) is 14.9. The topological polar surface area (TPSA) is 204 Å². The summed E-state index contributed by atoms with van der Waals surface area (Å²) in [5, 5.41) is 21.5. The fourth-order valence-corrected chi connectivity index (χ4v) is 9.41. The van der Waals surface area contributed by atoms with Gasteiger partial charge in [0.05, 0.1) is 55.5 Å². The van der Waals surface area contributed by atoms with E-state index in [4.69, 9.17) is 34.9 Å². The van der Waals surface area contributed by atoms with Crippen molar-refractivity contribution in [3.05, 3.63) is 235 Å². The molecule has 12 rings (SSSR count). The Balaban J connectivity index is 0.000000170. The highest BCUT2D eigenvalue weighted by Gasteiger charge is 2.34. The van der Waals surface area contributed by atoms with Gasteiger partial charge in [0.25, 0.3) is 5.91 Å². The van der Waals surface area contributed by atoms with E-state index >= 15 is 8.78 Å². The molecule has 17 nitrogen and oxygen atoms in total. The summed E-state index contributed by atoms with van der Waals surface area (Å²) in [5.74, 6) is 2.47. The molecule has 82 heavy (non-hydrogen) atoms. The predicted molar refractivity (Wildman–Crippen MR) is 311 cm³/mol. The second-order valence-corrected chi connectivity index (χ2v) is 18.0. The van der Waals surface area contributed by atoms with Crippen LogP contribution in [0.25, 0.3) is 67.1 Å². The largest absolute Gasteiger partial charge is 0.497 e. The number of fused-ring (bicyclic) bond motifs is 2.